The summed E-state index contributed by atoms with van der Waals surface area (Å²) in [7, 11) is 0. The van der Waals surface area contributed by atoms with Gasteiger partial charge >= 0.3 is 0 Å². The number of aliphatic hydroxyl groups excluding tert-OH is 1. The van der Waals surface area contributed by atoms with Crippen LogP contribution >= 0.6 is 11.8 Å². The Morgan fingerprint density at radius 2 is 2.07 bits per heavy atom. The summed E-state index contributed by atoms with van der Waals surface area (Å²) in [6.07, 6.45) is 0. The van der Waals surface area contributed by atoms with E-state index in [4.69, 9.17) is 9.84 Å². The van der Waals surface area contributed by atoms with Gasteiger partial charge in [-0.15, -0.1) is 0 Å². The molecule has 0 aliphatic heterocycles. The predicted octanol–water partition coefficient (Wildman–Crippen LogP) is 1.69. The molecule has 0 unspecified atom stereocenters. The molecule has 84 valence electrons. The van der Waals surface area contributed by atoms with Gasteiger partial charge in [0.15, 0.2) is 5.12 Å². The molecule has 0 fully saturated rings. The first-order valence-corrected chi connectivity index (χ1v) is 5.79. The molecule has 0 aromatic carbocycles. The highest BCUT2D eigenvalue weighted by Crippen LogP contribution is 2.20. The summed E-state index contributed by atoms with van der Waals surface area (Å²) >= 11 is 1.30. The van der Waals surface area contributed by atoms with Crippen molar-refractivity contribution in [3.05, 3.63) is 0 Å². The standard InChI is InChI=1S/C10H20O3S/c1-8(2)9(12)14-7-10(3,4)13-6-5-11/h8,11H,5-7H2,1-4H3. The molecule has 3 nitrogen and oxygen atoms in total. The molecule has 0 bridgehead atoms. The molecule has 0 saturated carbocycles. The maximum Gasteiger partial charge on any atom is 0.191 e. The van der Waals surface area contributed by atoms with Crippen molar-refractivity contribution in [1.82, 2.24) is 0 Å². The Hall–Kier alpha value is -0.0600. The molecule has 0 radical (unpaired) electrons. The Morgan fingerprint density at radius 1 is 1.50 bits per heavy atom. The topological polar surface area (TPSA) is 46.5 Å². The van der Waals surface area contributed by atoms with Crippen LogP contribution in [0.3, 0.4) is 0 Å². The number of aliphatic hydroxyl groups is 1. The third-order valence-corrected chi connectivity index (χ3v) is 3.21. The first-order chi connectivity index (χ1) is 6.39. The van der Waals surface area contributed by atoms with Crippen molar-refractivity contribution >= 4 is 16.9 Å². The lowest BCUT2D eigenvalue weighted by Crippen LogP contribution is -2.29. The van der Waals surface area contributed by atoms with E-state index in [1.807, 2.05) is 27.7 Å². The van der Waals surface area contributed by atoms with Crippen LogP contribution < -0.4 is 0 Å². The second kappa shape index (κ2) is 6.43. The molecule has 0 atom stereocenters. The van der Waals surface area contributed by atoms with Crippen molar-refractivity contribution in [2.75, 3.05) is 19.0 Å². The van der Waals surface area contributed by atoms with Crippen molar-refractivity contribution in [2.24, 2.45) is 5.92 Å². The fourth-order valence-electron chi connectivity index (χ4n) is 0.775. The van der Waals surface area contributed by atoms with E-state index >= 15 is 0 Å². The molecule has 0 aromatic rings. The number of ether oxygens (including phenoxy) is 1. The van der Waals surface area contributed by atoms with E-state index in [1.54, 1.807) is 0 Å². The number of hydrogen-bond donors (Lipinski definition) is 1. The van der Waals surface area contributed by atoms with Gasteiger partial charge in [-0.2, -0.15) is 0 Å². The molecule has 0 aliphatic carbocycles. The molecule has 0 rings (SSSR count). The van der Waals surface area contributed by atoms with Crippen molar-refractivity contribution in [3.63, 3.8) is 0 Å². The Morgan fingerprint density at radius 3 is 2.50 bits per heavy atom. The Bertz CT molecular complexity index is 178. The Labute approximate surface area is 90.2 Å². The summed E-state index contributed by atoms with van der Waals surface area (Å²) in [4.78, 5) is 11.3. The SMILES string of the molecule is CC(C)C(=O)SCC(C)(C)OCCO. The lowest BCUT2D eigenvalue weighted by molar-refractivity contribution is -0.113. The van der Waals surface area contributed by atoms with E-state index in [1.165, 1.54) is 11.8 Å². The molecule has 4 heteroatoms. The average molecular weight is 220 g/mol. The lowest BCUT2D eigenvalue weighted by atomic mass is 10.2. The van der Waals surface area contributed by atoms with Crippen LogP contribution in [-0.2, 0) is 9.53 Å². The summed E-state index contributed by atoms with van der Waals surface area (Å²) < 4.78 is 5.39. The molecule has 0 amide bonds. The van der Waals surface area contributed by atoms with Gasteiger partial charge in [-0.3, -0.25) is 4.79 Å². The second-order valence-electron chi connectivity index (χ2n) is 4.09. The van der Waals surface area contributed by atoms with Gasteiger partial charge in [-0.25, -0.2) is 0 Å². The highest BCUT2D eigenvalue weighted by molar-refractivity contribution is 8.13. The summed E-state index contributed by atoms with van der Waals surface area (Å²) in [6.45, 7) is 7.95. The van der Waals surface area contributed by atoms with Crippen molar-refractivity contribution < 1.29 is 14.6 Å². The first-order valence-electron chi connectivity index (χ1n) is 4.80. The van der Waals surface area contributed by atoms with Crippen LogP contribution in [0.25, 0.3) is 0 Å². The third-order valence-electron chi connectivity index (χ3n) is 1.62. The van der Waals surface area contributed by atoms with Crippen LogP contribution in [0.2, 0.25) is 0 Å². The highest BCUT2D eigenvalue weighted by Gasteiger charge is 2.21. The van der Waals surface area contributed by atoms with Crippen LogP contribution in [0, 0.1) is 5.92 Å². The van der Waals surface area contributed by atoms with Crippen LogP contribution in [-0.4, -0.2) is 34.8 Å². The van der Waals surface area contributed by atoms with Gasteiger partial charge in [0.1, 0.15) is 0 Å². The molecule has 0 heterocycles. The van der Waals surface area contributed by atoms with E-state index in [0.717, 1.165) is 0 Å². The number of carbonyl (C=O) groups excluding carboxylic acids is 1. The maximum atomic E-state index is 11.3. The van der Waals surface area contributed by atoms with Gasteiger partial charge in [0.05, 0.1) is 18.8 Å². The van der Waals surface area contributed by atoms with Crippen molar-refractivity contribution in [2.45, 2.75) is 33.3 Å². The first kappa shape index (κ1) is 13.9. The minimum atomic E-state index is -0.349. The largest absolute Gasteiger partial charge is 0.394 e. The Balaban J connectivity index is 3.80. The van der Waals surface area contributed by atoms with E-state index in [2.05, 4.69) is 0 Å². The van der Waals surface area contributed by atoms with E-state index in [0.29, 0.717) is 12.4 Å². The monoisotopic (exact) mass is 220 g/mol. The van der Waals surface area contributed by atoms with Crippen molar-refractivity contribution in [1.29, 1.82) is 0 Å². The van der Waals surface area contributed by atoms with E-state index in [9.17, 15) is 4.79 Å². The van der Waals surface area contributed by atoms with Gasteiger partial charge in [0, 0.05) is 11.7 Å². The second-order valence-corrected chi connectivity index (χ2v) is 5.07. The number of rotatable bonds is 6. The average Bonchev–Trinajstić information content (AvgIpc) is 2.11. The van der Waals surface area contributed by atoms with Crippen LogP contribution in [0.4, 0.5) is 0 Å². The molecule has 0 aromatic heterocycles. The zero-order chi connectivity index (χ0) is 11.2. The number of carbonyl (C=O) groups is 1. The molecule has 0 aliphatic rings. The zero-order valence-electron chi connectivity index (χ0n) is 9.37. The molecule has 1 N–H and O–H groups in total. The molecular formula is C10H20O3S. The van der Waals surface area contributed by atoms with Crippen LogP contribution in [0.5, 0.6) is 0 Å². The third kappa shape index (κ3) is 6.40. The number of thioether (sulfide) groups is 1. The zero-order valence-corrected chi connectivity index (χ0v) is 10.2. The van der Waals surface area contributed by atoms with Crippen molar-refractivity contribution in [3.8, 4) is 0 Å². The lowest BCUT2D eigenvalue weighted by Gasteiger charge is -2.24. The predicted molar refractivity (Wildman–Crippen MR) is 59.4 cm³/mol. The van der Waals surface area contributed by atoms with Gasteiger partial charge in [-0.1, -0.05) is 25.6 Å². The Kier molecular flexibility index (Phi) is 6.40. The summed E-state index contributed by atoms with van der Waals surface area (Å²) in [6, 6.07) is 0. The smallest absolute Gasteiger partial charge is 0.191 e. The van der Waals surface area contributed by atoms with E-state index in [-0.39, 0.29) is 23.2 Å². The van der Waals surface area contributed by atoms with Crippen LogP contribution in [0.1, 0.15) is 27.7 Å². The van der Waals surface area contributed by atoms with Crippen LogP contribution in [0.15, 0.2) is 0 Å². The molecule has 0 saturated heterocycles. The summed E-state index contributed by atoms with van der Waals surface area (Å²) in [5.41, 5.74) is -0.349. The fraction of sp³-hybridized carbons (Fsp3) is 0.900. The summed E-state index contributed by atoms with van der Waals surface area (Å²) in [5, 5.41) is 8.78. The minimum absolute atomic E-state index is 0.0201. The molecular weight excluding hydrogens is 200 g/mol. The van der Waals surface area contributed by atoms with Gasteiger partial charge in [0.25, 0.3) is 0 Å². The summed E-state index contributed by atoms with van der Waals surface area (Å²) in [5.74, 6) is 0.693. The van der Waals surface area contributed by atoms with E-state index < -0.39 is 0 Å². The van der Waals surface area contributed by atoms with Gasteiger partial charge in [0.2, 0.25) is 0 Å². The maximum absolute atomic E-state index is 11.3. The fourth-order valence-corrected chi connectivity index (χ4v) is 1.68. The normalized spacial score (nSPS) is 12.1. The quantitative estimate of drug-likeness (QED) is 0.740. The van der Waals surface area contributed by atoms with Gasteiger partial charge in [-0.05, 0) is 13.8 Å². The number of hydrogen-bond acceptors (Lipinski definition) is 4. The molecule has 0 spiro atoms. The molecule has 14 heavy (non-hydrogen) atoms. The highest BCUT2D eigenvalue weighted by atomic mass is 32.2. The van der Waals surface area contributed by atoms with Gasteiger partial charge < -0.3 is 9.84 Å². The minimum Gasteiger partial charge on any atom is -0.394 e.